The molecule has 22 heavy (non-hydrogen) atoms. The molecule has 1 N–H and O–H groups in total. The van der Waals surface area contributed by atoms with Gasteiger partial charge in [-0.2, -0.15) is 0 Å². The highest BCUT2D eigenvalue weighted by molar-refractivity contribution is 6.05. The van der Waals surface area contributed by atoms with E-state index in [9.17, 15) is 4.79 Å². The van der Waals surface area contributed by atoms with Gasteiger partial charge in [0.15, 0.2) is 5.78 Å². The topological polar surface area (TPSA) is 38.3 Å². The fourth-order valence-electron chi connectivity index (χ4n) is 2.06. The fourth-order valence-corrected chi connectivity index (χ4v) is 2.06. The van der Waals surface area contributed by atoms with Crippen molar-refractivity contribution in [2.24, 2.45) is 0 Å². The monoisotopic (exact) mass is 295 g/mol. The van der Waals surface area contributed by atoms with Gasteiger partial charge in [0.1, 0.15) is 5.75 Å². The number of rotatable bonds is 6. The molecule has 0 aliphatic carbocycles. The van der Waals surface area contributed by atoms with Gasteiger partial charge in [-0.05, 0) is 32.9 Å². The average Bonchev–Trinajstić information content (AvgIpc) is 2.49. The maximum absolute atomic E-state index is 12.2. The lowest BCUT2D eigenvalue weighted by Crippen LogP contribution is -2.08. The van der Waals surface area contributed by atoms with E-state index in [0.717, 1.165) is 17.1 Å². The highest BCUT2D eigenvalue weighted by Crippen LogP contribution is 2.26. The number of anilines is 1. The Balaban J connectivity index is 2.13. The average molecular weight is 295 g/mol. The number of para-hydroxylation sites is 2. The second kappa shape index (κ2) is 7.46. The number of nitrogens with one attached hydrogen (secondary N) is 1. The van der Waals surface area contributed by atoms with E-state index in [2.05, 4.69) is 5.32 Å². The summed E-state index contributed by atoms with van der Waals surface area (Å²) in [5.41, 5.74) is 2.30. The van der Waals surface area contributed by atoms with Crippen molar-refractivity contribution in [1.29, 1.82) is 0 Å². The molecule has 0 saturated carbocycles. The molecule has 114 valence electrons. The molecule has 0 radical (unpaired) electrons. The van der Waals surface area contributed by atoms with Crippen LogP contribution in [0.5, 0.6) is 5.75 Å². The third kappa shape index (κ3) is 4.48. The molecule has 2 aromatic rings. The van der Waals surface area contributed by atoms with Gasteiger partial charge in [-0.25, -0.2) is 0 Å². The molecule has 0 unspecified atom stereocenters. The van der Waals surface area contributed by atoms with Crippen molar-refractivity contribution in [3.05, 3.63) is 71.9 Å². The molecule has 0 spiro atoms. The van der Waals surface area contributed by atoms with E-state index in [1.165, 1.54) is 0 Å². The van der Waals surface area contributed by atoms with Gasteiger partial charge in [0.25, 0.3) is 0 Å². The Labute approximate surface area is 131 Å². The van der Waals surface area contributed by atoms with Crippen molar-refractivity contribution < 1.29 is 9.53 Å². The predicted molar refractivity (Wildman–Crippen MR) is 90.4 cm³/mol. The predicted octanol–water partition coefficient (Wildman–Crippen LogP) is 4.67. The number of hydrogen-bond acceptors (Lipinski definition) is 3. The lowest BCUT2D eigenvalue weighted by atomic mass is 10.1. The van der Waals surface area contributed by atoms with Crippen LogP contribution in [0.25, 0.3) is 0 Å². The highest BCUT2D eigenvalue weighted by atomic mass is 16.5. The SMILES string of the molecule is C/C(=C/C(=O)c1ccccc1)Nc1ccccc1OC(C)C. The van der Waals surface area contributed by atoms with E-state index < -0.39 is 0 Å². The number of ketones is 1. The molecule has 0 fully saturated rings. The van der Waals surface area contributed by atoms with E-state index in [0.29, 0.717) is 5.56 Å². The normalized spacial score (nSPS) is 11.4. The Morgan fingerprint density at radius 2 is 1.68 bits per heavy atom. The summed E-state index contributed by atoms with van der Waals surface area (Å²) in [5, 5.41) is 3.23. The Kier molecular flexibility index (Phi) is 5.37. The van der Waals surface area contributed by atoms with Crippen LogP contribution in [0, 0.1) is 0 Å². The van der Waals surface area contributed by atoms with Gasteiger partial charge in [-0.1, -0.05) is 42.5 Å². The molecule has 0 aliphatic heterocycles. The molecule has 0 aromatic heterocycles. The second-order valence-corrected chi connectivity index (χ2v) is 5.35. The zero-order valence-electron chi connectivity index (χ0n) is 13.2. The number of carbonyl (C=O) groups excluding carboxylic acids is 1. The van der Waals surface area contributed by atoms with Crippen molar-refractivity contribution in [3.8, 4) is 5.75 Å². The Hall–Kier alpha value is -2.55. The van der Waals surface area contributed by atoms with Gasteiger partial charge in [-0.15, -0.1) is 0 Å². The maximum Gasteiger partial charge on any atom is 0.187 e. The van der Waals surface area contributed by atoms with E-state index in [-0.39, 0.29) is 11.9 Å². The van der Waals surface area contributed by atoms with E-state index in [1.54, 1.807) is 6.08 Å². The number of allylic oxidation sites excluding steroid dienone is 2. The van der Waals surface area contributed by atoms with E-state index in [1.807, 2.05) is 75.4 Å². The summed E-state index contributed by atoms with van der Waals surface area (Å²) in [7, 11) is 0. The molecular formula is C19H21NO2. The summed E-state index contributed by atoms with van der Waals surface area (Å²) < 4.78 is 5.76. The number of carbonyl (C=O) groups is 1. The molecule has 3 heteroatoms. The van der Waals surface area contributed by atoms with Crippen molar-refractivity contribution in [3.63, 3.8) is 0 Å². The summed E-state index contributed by atoms with van der Waals surface area (Å²) in [4.78, 5) is 12.2. The van der Waals surface area contributed by atoms with Crippen molar-refractivity contribution in [2.45, 2.75) is 26.9 Å². The van der Waals surface area contributed by atoms with Gasteiger partial charge < -0.3 is 10.1 Å². The van der Waals surface area contributed by atoms with Crippen molar-refractivity contribution in [1.82, 2.24) is 0 Å². The van der Waals surface area contributed by atoms with Gasteiger partial charge in [0.05, 0.1) is 11.8 Å². The molecule has 0 bridgehead atoms. The van der Waals surface area contributed by atoms with Gasteiger partial charge in [-0.3, -0.25) is 4.79 Å². The molecule has 2 aromatic carbocycles. The third-order valence-electron chi connectivity index (χ3n) is 2.99. The molecule has 0 amide bonds. The summed E-state index contributed by atoms with van der Waals surface area (Å²) in [5.74, 6) is 0.755. The molecule has 0 atom stereocenters. The molecule has 0 heterocycles. The lowest BCUT2D eigenvalue weighted by molar-refractivity contribution is 0.104. The molecule has 0 aliphatic rings. The maximum atomic E-state index is 12.2. The summed E-state index contributed by atoms with van der Waals surface area (Å²) in [6.45, 7) is 5.84. The number of hydrogen-bond donors (Lipinski definition) is 1. The molecule has 0 saturated heterocycles. The minimum Gasteiger partial charge on any atom is -0.489 e. The fraction of sp³-hybridized carbons (Fsp3) is 0.211. The van der Waals surface area contributed by atoms with Gasteiger partial charge in [0.2, 0.25) is 0 Å². The lowest BCUT2D eigenvalue weighted by Gasteiger charge is -2.15. The van der Waals surface area contributed by atoms with Gasteiger partial charge >= 0.3 is 0 Å². The van der Waals surface area contributed by atoms with Crippen LogP contribution >= 0.6 is 0 Å². The summed E-state index contributed by atoms with van der Waals surface area (Å²) in [6, 6.07) is 16.9. The first-order chi connectivity index (χ1) is 10.6. The molecule has 2 rings (SSSR count). The minimum absolute atomic E-state index is 0.0205. The highest BCUT2D eigenvalue weighted by Gasteiger charge is 2.06. The van der Waals surface area contributed by atoms with Crippen molar-refractivity contribution >= 4 is 11.5 Å². The Morgan fingerprint density at radius 3 is 2.36 bits per heavy atom. The van der Waals surface area contributed by atoms with E-state index in [4.69, 9.17) is 4.74 Å². The van der Waals surface area contributed by atoms with Crippen LogP contribution in [0.1, 0.15) is 31.1 Å². The van der Waals surface area contributed by atoms with Crippen molar-refractivity contribution in [2.75, 3.05) is 5.32 Å². The first-order valence-corrected chi connectivity index (χ1v) is 7.36. The molecule has 3 nitrogen and oxygen atoms in total. The van der Waals surface area contributed by atoms with Crippen LogP contribution in [0.3, 0.4) is 0 Å². The largest absolute Gasteiger partial charge is 0.489 e. The zero-order valence-corrected chi connectivity index (χ0v) is 13.2. The van der Waals surface area contributed by atoms with Crippen LogP contribution in [0.4, 0.5) is 5.69 Å². The van der Waals surface area contributed by atoms with Crippen LogP contribution in [-0.4, -0.2) is 11.9 Å². The molecular weight excluding hydrogens is 274 g/mol. The summed E-state index contributed by atoms with van der Waals surface area (Å²) >= 11 is 0. The van der Waals surface area contributed by atoms with Crippen LogP contribution in [0.2, 0.25) is 0 Å². The van der Waals surface area contributed by atoms with Crippen LogP contribution in [0.15, 0.2) is 66.4 Å². The number of benzene rings is 2. The second-order valence-electron chi connectivity index (χ2n) is 5.35. The van der Waals surface area contributed by atoms with Gasteiger partial charge in [0, 0.05) is 17.3 Å². The van der Waals surface area contributed by atoms with Crippen LogP contribution < -0.4 is 10.1 Å². The first-order valence-electron chi connectivity index (χ1n) is 7.36. The minimum atomic E-state index is -0.0205. The van der Waals surface area contributed by atoms with E-state index >= 15 is 0 Å². The zero-order chi connectivity index (χ0) is 15.9. The van der Waals surface area contributed by atoms with Crippen LogP contribution in [-0.2, 0) is 0 Å². The first kappa shape index (κ1) is 15.8. The third-order valence-corrected chi connectivity index (χ3v) is 2.99. The quantitative estimate of drug-likeness (QED) is 0.621. The Morgan fingerprint density at radius 1 is 1.05 bits per heavy atom. The standard InChI is InChI=1S/C19H21NO2/c1-14(2)22-19-12-8-7-11-17(19)20-15(3)13-18(21)16-9-5-4-6-10-16/h4-14,20H,1-3H3/b15-13-. The Bertz CT molecular complexity index is 660. The smallest absolute Gasteiger partial charge is 0.187 e. The number of ether oxygens (including phenoxy) is 1. The summed E-state index contributed by atoms with van der Waals surface area (Å²) in [6.07, 6.45) is 1.69.